The van der Waals surface area contributed by atoms with Crippen molar-refractivity contribution >= 4 is 15.9 Å². The molecule has 0 spiro atoms. The van der Waals surface area contributed by atoms with Gasteiger partial charge < -0.3 is 14.4 Å². The Morgan fingerprint density at radius 3 is 2.03 bits per heavy atom. The molecule has 164 valence electrons. The van der Waals surface area contributed by atoms with E-state index in [1.165, 1.54) is 19.2 Å². The van der Waals surface area contributed by atoms with Gasteiger partial charge >= 0.3 is 0 Å². The molecule has 0 saturated carbocycles. The van der Waals surface area contributed by atoms with Crippen LogP contribution in [0.2, 0.25) is 0 Å². The monoisotopic (exact) mass is 434 g/mol. The van der Waals surface area contributed by atoms with Crippen LogP contribution in [0.5, 0.6) is 11.5 Å². The molecule has 1 amide bonds. The van der Waals surface area contributed by atoms with E-state index in [-0.39, 0.29) is 17.2 Å². The average Bonchev–Trinajstić information content (AvgIpc) is 2.76. The third kappa shape index (κ3) is 6.47. The summed E-state index contributed by atoms with van der Waals surface area (Å²) in [7, 11) is 0.970. The van der Waals surface area contributed by atoms with Crippen LogP contribution in [0.15, 0.2) is 53.4 Å². The summed E-state index contributed by atoms with van der Waals surface area (Å²) in [4.78, 5) is 14.5. The van der Waals surface area contributed by atoms with Gasteiger partial charge in [-0.05, 0) is 48.4 Å². The summed E-state index contributed by atoms with van der Waals surface area (Å²) >= 11 is 0. The van der Waals surface area contributed by atoms with Gasteiger partial charge in [0.05, 0.1) is 25.2 Å². The summed E-state index contributed by atoms with van der Waals surface area (Å²) in [5, 5.41) is 0. The lowest BCUT2D eigenvalue weighted by molar-refractivity contribution is -0.130. The second-order valence-electron chi connectivity index (χ2n) is 7.00. The minimum Gasteiger partial charge on any atom is -0.497 e. The molecular formula is C22H30N2O5S. The van der Waals surface area contributed by atoms with Crippen LogP contribution >= 0.6 is 0 Å². The minimum atomic E-state index is -3.84. The molecule has 0 radical (unpaired) electrons. The van der Waals surface area contributed by atoms with Crippen molar-refractivity contribution in [2.75, 3.05) is 27.8 Å². The number of nitrogens with zero attached hydrogens (tertiary/aromatic N) is 1. The zero-order chi connectivity index (χ0) is 22.1. The number of hydrogen-bond donors (Lipinski definition) is 1. The Morgan fingerprint density at radius 2 is 1.53 bits per heavy atom. The smallest absolute Gasteiger partial charge is 0.241 e. The van der Waals surface area contributed by atoms with Gasteiger partial charge in [0.25, 0.3) is 0 Å². The number of amides is 1. The fraction of sp³-hybridized carbons (Fsp3) is 0.409. The molecule has 1 N–H and O–H groups in total. The quantitative estimate of drug-likeness (QED) is 0.586. The van der Waals surface area contributed by atoms with E-state index in [0.29, 0.717) is 23.6 Å². The second kappa shape index (κ2) is 11.0. The van der Waals surface area contributed by atoms with E-state index < -0.39 is 16.1 Å². The van der Waals surface area contributed by atoms with Crippen LogP contribution in [0.3, 0.4) is 0 Å². The Morgan fingerprint density at radius 1 is 1.00 bits per heavy atom. The maximum atomic E-state index is 13.0. The SMILES string of the molecule is CCCCN(C)C(=O)C[C@@H](NS(=O)(=O)c1ccc(OC)cc1)c1ccc(OC)cc1. The predicted molar refractivity (Wildman–Crippen MR) is 116 cm³/mol. The number of carbonyl (C=O) groups excluding carboxylic acids is 1. The van der Waals surface area contributed by atoms with Gasteiger partial charge in [-0.3, -0.25) is 4.79 Å². The molecule has 30 heavy (non-hydrogen) atoms. The topological polar surface area (TPSA) is 84.9 Å². The fourth-order valence-electron chi connectivity index (χ4n) is 2.92. The van der Waals surface area contributed by atoms with E-state index in [1.807, 2.05) is 0 Å². The molecule has 1 atom stereocenters. The molecule has 0 fully saturated rings. The number of nitrogens with one attached hydrogen (secondary N) is 1. The van der Waals surface area contributed by atoms with Gasteiger partial charge in [-0.15, -0.1) is 0 Å². The molecular weight excluding hydrogens is 404 g/mol. The van der Waals surface area contributed by atoms with Crippen molar-refractivity contribution in [3.63, 3.8) is 0 Å². The molecule has 0 heterocycles. The van der Waals surface area contributed by atoms with Crippen LogP contribution in [-0.2, 0) is 14.8 Å². The van der Waals surface area contributed by atoms with E-state index >= 15 is 0 Å². The van der Waals surface area contributed by atoms with Gasteiger partial charge in [-0.1, -0.05) is 25.5 Å². The number of hydrogen-bond acceptors (Lipinski definition) is 5. The summed E-state index contributed by atoms with van der Waals surface area (Å²) in [6.45, 7) is 2.69. The van der Waals surface area contributed by atoms with E-state index in [4.69, 9.17) is 9.47 Å². The molecule has 2 aromatic carbocycles. The van der Waals surface area contributed by atoms with Gasteiger partial charge in [-0.2, -0.15) is 0 Å². The number of benzene rings is 2. The van der Waals surface area contributed by atoms with Crippen molar-refractivity contribution in [2.45, 2.75) is 37.1 Å². The molecule has 0 unspecified atom stereocenters. The summed E-state index contributed by atoms with van der Waals surface area (Å²) < 4.78 is 38.9. The third-order valence-corrected chi connectivity index (χ3v) is 6.32. The highest BCUT2D eigenvalue weighted by molar-refractivity contribution is 7.89. The molecule has 0 saturated heterocycles. The van der Waals surface area contributed by atoms with Gasteiger partial charge in [0.2, 0.25) is 15.9 Å². The van der Waals surface area contributed by atoms with Crippen LogP contribution < -0.4 is 14.2 Å². The molecule has 2 rings (SSSR count). The maximum absolute atomic E-state index is 13.0. The van der Waals surface area contributed by atoms with E-state index in [9.17, 15) is 13.2 Å². The van der Waals surface area contributed by atoms with Crippen molar-refractivity contribution in [3.05, 3.63) is 54.1 Å². The number of methoxy groups -OCH3 is 2. The summed E-state index contributed by atoms with van der Waals surface area (Å²) in [6.07, 6.45) is 1.89. The standard InChI is InChI=1S/C22H30N2O5S/c1-5-6-15-24(2)22(25)16-21(17-7-9-18(28-3)10-8-17)23-30(26,27)20-13-11-19(29-4)12-14-20/h7-14,21,23H,5-6,15-16H2,1-4H3/t21-/m1/s1. The summed E-state index contributed by atoms with van der Waals surface area (Å²) in [5.41, 5.74) is 0.685. The molecule has 0 aliphatic rings. The second-order valence-corrected chi connectivity index (χ2v) is 8.71. The largest absolute Gasteiger partial charge is 0.497 e. The molecule has 8 heteroatoms. The first kappa shape index (κ1) is 23.7. The first-order valence-electron chi connectivity index (χ1n) is 9.85. The number of carbonyl (C=O) groups is 1. The lowest BCUT2D eigenvalue weighted by Gasteiger charge is -2.23. The molecule has 0 aliphatic carbocycles. The zero-order valence-corrected chi connectivity index (χ0v) is 18.7. The minimum absolute atomic E-state index is 0.0158. The van der Waals surface area contributed by atoms with Crippen molar-refractivity contribution in [2.24, 2.45) is 0 Å². The Bertz CT molecular complexity index is 912. The molecule has 0 bridgehead atoms. The van der Waals surface area contributed by atoms with Gasteiger partial charge in [-0.25, -0.2) is 13.1 Å². The predicted octanol–water partition coefficient (Wildman–Crippen LogP) is 3.37. The highest BCUT2D eigenvalue weighted by Gasteiger charge is 2.25. The van der Waals surface area contributed by atoms with Gasteiger partial charge in [0.1, 0.15) is 11.5 Å². The molecule has 0 aliphatic heterocycles. The third-order valence-electron chi connectivity index (χ3n) is 4.84. The van der Waals surface area contributed by atoms with Crippen LogP contribution in [0, 0.1) is 0 Å². The lowest BCUT2D eigenvalue weighted by atomic mass is 10.0. The maximum Gasteiger partial charge on any atom is 0.241 e. The van der Waals surface area contributed by atoms with Crippen molar-refractivity contribution < 1.29 is 22.7 Å². The van der Waals surface area contributed by atoms with Crippen molar-refractivity contribution in [3.8, 4) is 11.5 Å². The van der Waals surface area contributed by atoms with E-state index in [2.05, 4.69) is 11.6 Å². The van der Waals surface area contributed by atoms with Crippen molar-refractivity contribution in [1.29, 1.82) is 0 Å². The normalized spacial score (nSPS) is 12.3. The Hall–Kier alpha value is -2.58. The van der Waals surface area contributed by atoms with E-state index in [0.717, 1.165) is 12.8 Å². The molecule has 0 aromatic heterocycles. The van der Waals surface area contributed by atoms with Crippen LogP contribution in [0.1, 0.15) is 37.8 Å². The van der Waals surface area contributed by atoms with Crippen LogP contribution in [0.25, 0.3) is 0 Å². The van der Waals surface area contributed by atoms with Gasteiger partial charge in [0.15, 0.2) is 0 Å². The average molecular weight is 435 g/mol. The first-order chi connectivity index (χ1) is 14.3. The van der Waals surface area contributed by atoms with Crippen LogP contribution in [0.4, 0.5) is 0 Å². The number of ether oxygens (including phenoxy) is 2. The Labute approximate surface area is 179 Å². The lowest BCUT2D eigenvalue weighted by Crippen LogP contribution is -2.35. The molecule has 2 aromatic rings. The fourth-order valence-corrected chi connectivity index (χ4v) is 4.15. The highest BCUT2D eigenvalue weighted by Crippen LogP contribution is 2.24. The first-order valence-corrected chi connectivity index (χ1v) is 11.3. The van der Waals surface area contributed by atoms with Crippen molar-refractivity contribution in [1.82, 2.24) is 9.62 Å². The molecule has 7 nitrogen and oxygen atoms in total. The highest BCUT2D eigenvalue weighted by atomic mass is 32.2. The number of unbranched alkanes of at least 4 members (excludes halogenated alkanes) is 1. The van der Waals surface area contributed by atoms with Crippen LogP contribution in [-0.4, -0.2) is 47.0 Å². The Kier molecular flexibility index (Phi) is 8.68. The summed E-state index contributed by atoms with van der Waals surface area (Å²) in [5.74, 6) is 1.09. The number of rotatable bonds is 11. The summed E-state index contributed by atoms with van der Waals surface area (Å²) in [6, 6.07) is 12.4. The Balaban J connectivity index is 2.28. The number of sulfonamides is 1. The zero-order valence-electron chi connectivity index (χ0n) is 17.9. The van der Waals surface area contributed by atoms with E-state index in [1.54, 1.807) is 55.5 Å². The van der Waals surface area contributed by atoms with Gasteiger partial charge in [0, 0.05) is 20.0 Å².